The molecule has 23 heavy (non-hydrogen) atoms. The molecule has 0 atom stereocenters. The molecule has 0 heterocycles. The van der Waals surface area contributed by atoms with E-state index in [1.54, 1.807) is 13.2 Å². The third-order valence-electron chi connectivity index (χ3n) is 3.27. The standard InChI is InChI=1S/C16H16N2O5/c1-22-14-6-4-3-5-12(14)10-17-16(19)11-7-8-15(23-2)13(9-11)18(20)21/h3-9H,10H2,1-2H3,(H,17,19). The van der Waals surface area contributed by atoms with Crippen molar-refractivity contribution in [1.82, 2.24) is 5.32 Å². The van der Waals surface area contributed by atoms with Gasteiger partial charge in [-0.15, -0.1) is 0 Å². The molecule has 0 unspecified atom stereocenters. The quantitative estimate of drug-likeness (QED) is 0.653. The van der Waals surface area contributed by atoms with Gasteiger partial charge in [-0.1, -0.05) is 18.2 Å². The summed E-state index contributed by atoms with van der Waals surface area (Å²) >= 11 is 0. The number of nitrogens with one attached hydrogen (secondary N) is 1. The zero-order chi connectivity index (χ0) is 16.8. The molecule has 0 saturated heterocycles. The number of nitro groups is 1. The molecule has 1 amide bonds. The second kappa shape index (κ2) is 7.26. The third kappa shape index (κ3) is 3.76. The first-order valence-electron chi connectivity index (χ1n) is 6.79. The van der Waals surface area contributed by atoms with Gasteiger partial charge in [-0.3, -0.25) is 14.9 Å². The summed E-state index contributed by atoms with van der Waals surface area (Å²) in [5.74, 6) is 0.353. The van der Waals surface area contributed by atoms with Crippen molar-refractivity contribution in [3.63, 3.8) is 0 Å². The average molecular weight is 316 g/mol. The van der Waals surface area contributed by atoms with Crippen LogP contribution in [0.3, 0.4) is 0 Å². The summed E-state index contributed by atoms with van der Waals surface area (Å²) in [6, 6.07) is 11.4. The Morgan fingerprint density at radius 2 is 1.83 bits per heavy atom. The minimum atomic E-state index is -0.587. The van der Waals surface area contributed by atoms with Gasteiger partial charge in [0.25, 0.3) is 5.91 Å². The van der Waals surface area contributed by atoms with Crippen molar-refractivity contribution < 1.29 is 19.2 Å². The molecule has 0 radical (unpaired) electrons. The van der Waals surface area contributed by atoms with Gasteiger partial charge in [0, 0.05) is 23.7 Å². The molecule has 1 N–H and O–H groups in total. The predicted molar refractivity (Wildman–Crippen MR) is 83.8 cm³/mol. The highest BCUT2D eigenvalue weighted by molar-refractivity contribution is 5.95. The smallest absolute Gasteiger partial charge is 0.311 e. The molecular weight excluding hydrogens is 300 g/mol. The highest BCUT2D eigenvalue weighted by Crippen LogP contribution is 2.27. The van der Waals surface area contributed by atoms with E-state index in [9.17, 15) is 14.9 Å². The van der Waals surface area contributed by atoms with Crippen LogP contribution in [0.1, 0.15) is 15.9 Å². The van der Waals surface area contributed by atoms with Crippen LogP contribution in [-0.4, -0.2) is 25.1 Å². The predicted octanol–water partition coefficient (Wildman–Crippen LogP) is 2.54. The summed E-state index contributed by atoms with van der Waals surface area (Å²) < 4.78 is 10.1. The normalized spacial score (nSPS) is 10.0. The number of nitrogens with zero attached hydrogens (tertiary/aromatic N) is 1. The van der Waals surface area contributed by atoms with Gasteiger partial charge in [-0.2, -0.15) is 0 Å². The Morgan fingerprint density at radius 1 is 1.13 bits per heavy atom. The fourth-order valence-electron chi connectivity index (χ4n) is 2.10. The molecule has 2 aromatic carbocycles. The molecule has 0 aliphatic carbocycles. The van der Waals surface area contributed by atoms with Crippen LogP contribution < -0.4 is 14.8 Å². The van der Waals surface area contributed by atoms with E-state index in [0.29, 0.717) is 5.75 Å². The van der Waals surface area contributed by atoms with E-state index >= 15 is 0 Å². The van der Waals surface area contributed by atoms with E-state index in [1.807, 2.05) is 18.2 Å². The Balaban J connectivity index is 2.15. The molecule has 2 aromatic rings. The number of methoxy groups -OCH3 is 2. The topological polar surface area (TPSA) is 90.7 Å². The number of para-hydroxylation sites is 1. The second-order valence-electron chi connectivity index (χ2n) is 4.64. The lowest BCUT2D eigenvalue weighted by molar-refractivity contribution is -0.385. The molecule has 0 bridgehead atoms. The van der Waals surface area contributed by atoms with Crippen LogP contribution in [0.5, 0.6) is 11.5 Å². The average Bonchev–Trinajstić information content (AvgIpc) is 2.59. The molecule has 120 valence electrons. The van der Waals surface area contributed by atoms with Crippen LogP contribution in [0.15, 0.2) is 42.5 Å². The zero-order valence-electron chi connectivity index (χ0n) is 12.7. The minimum absolute atomic E-state index is 0.108. The Morgan fingerprint density at radius 3 is 2.48 bits per heavy atom. The lowest BCUT2D eigenvalue weighted by Crippen LogP contribution is -2.23. The number of hydrogen-bond acceptors (Lipinski definition) is 5. The van der Waals surface area contributed by atoms with Crippen molar-refractivity contribution in [3.05, 3.63) is 63.7 Å². The molecule has 0 aliphatic rings. The molecule has 0 saturated carbocycles. The van der Waals surface area contributed by atoms with E-state index in [1.165, 1.54) is 25.3 Å². The van der Waals surface area contributed by atoms with E-state index < -0.39 is 10.8 Å². The van der Waals surface area contributed by atoms with Crippen LogP contribution in [-0.2, 0) is 6.54 Å². The number of nitro benzene ring substituents is 1. The lowest BCUT2D eigenvalue weighted by Gasteiger charge is -2.10. The highest BCUT2D eigenvalue weighted by atomic mass is 16.6. The zero-order valence-corrected chi connectivity index (χ0v) is 12.7. The Bertz CT molecular complexity index is 730. The van der Waals surface area contributed by atoms with Crippen molar-refractivity contribution in [2.45, 2.75) is 6.54 Å². The SMILES string of the molecule is COc1ccccc1CNC(=O)c1ccc(OC)c([N+](=O)[O-])c1. The van der Waals surface area contributed by atoms with E-state index in [4.69, 9.17) is 9.47 Å². The molecule has 0 aliphatic heterocycles. The maximum Gasteiger partial charge on any atom is 0.311 e. The third-order valence-corrected chi connectivity index (χ3v) is 3.27. The largest absolute Gasteiger partial charge is 0.496 e. The van der Waals surface area contributed by atoms with E-state index in [-0.39, 0.29) is 23.5 Å². The first-order valence-corrected chi connectivity index (χ1v) is 6.79. The van der Waals surface area contributed by atoms with Gasteiger partial charge in [0.15, 0.2) is 5.75 Å². The van der Waals surface area contributed by atoms with Gasteiger partial charge in [0.05, 0.1) is 19.1 Å². The maximum atomic E-state index is 12.2. The minimum Gasteiger partial charge on any atom is -0.496 e. The molecule has 0 spiro atoms. The van der Waals surface area contributed by atoms with Gasteiger partial charge < -0.3 is 14.8 Å². The Hall–Kier alpha value is -3.09. The molecule has 0 fully saturated rings. The molecular formula is C16H16N2O5. The summed E-state index contributed by atoms with van der Waals surface area (Å²) in [7, 11) is 2.89. The maximum absolute atomic E-state index is 12.2. The summed E-state index contributed by atoms with van der Waals surface area (Å²) in [5, 5.41) is 13.7. The summed E-state index contributed by atoms with van der Waals surface area (Å²) in [6.45, 7) is 0.253. The van der Waals surface area contributed by atoms with Crippen molar-refractivity contribution in [2.75, 3.05) is 14.2 Å². The second-order valence-corrected chi connectivity index (χ2v) is 4.64. The Labute approximate surface area is 133 Å². The number of ether oxygens (including phenoxy) is 2. The van der Waals surface area contributed by atoms with Crippen LogP contribution in [0.4, 0.5) is 5.69 Å². The van der Waals surface area contributed by atoms with Crippen molar-refractivity contribution in [1.29, 1.82) is 0 Å². The van der Waals surface area contributed by atoms with Crippen LogP contribution in [0.2, 0.25) is 0 Å². The first kappa shape index (κ1) is 16.3. The van der Waals surface area contributed by atoms with Crippen LogP contribution in [0.25, 0.3) is 0 Å². The molecule has 7 heteroatoms. The van der Waals surface area contributed by atoms with Crippen LogP contribution >= 0.6 is 0 Å². The number of hydrogen-bond donors (Lipinski definition) is 1. The van der Waals surface area contributed by atoms with Gasteiger partial charge in [-0.05, 0) is 18.2 Å². The molecule has 0 aromatic heterocycles. The lowest BCUT2D eigenvalue weighted by atomic mass is 10.1. The Kier molecular flexibility index (Phi) is 5.14. The monoisotopic (exact) mass is 316 g/mol. The van der Waals surface area contributed by atoms with Crippen molar-refractivity contribution >= 4 is 11.6 Å². The van der Waals surface area contributed by atoms with Gasteiger partial charge in [-0.25, -0.2) is 0 Å². The van der Waals surface area contributed by atoms with E-state index in [2.05, 4.69) is 5.32 Å². The summed E-state index contributed by atoms with van der Waals surface area (Å²) in [5.41, 5.74) is 0.746. The van der Waals surface area contributed by atoms with Crippen molar-refractivity contribution in [2.24, 2.45) is 0 Å². The fraction of sp³-hybridized carbons (Fsp3) is 0.188. The number of rotatable bonds is 6. The fourth-order valence-corrected chi connectivity index (χ4v) is 2.10. The molecule has 2 rings (SSSR count). The number of carbonyl (C=O) groups excluding carboxylic acids is 1. The molecule has 7 nitrogen and oxygen atoms in total. The number of benzene rings is 2. The van der Waals surface area contributed by atoms with Gasteiger partial charge in [0.1, 0.15) is 5.75 Å². The summed E-state index contributed by atoms with van der Waals surface area (Å²) in [6.07, 6.45) is 0. The van der Waals surface area contributed by atoms with Crippen molar-refractivity contribution in [3.8, 4) is 11.5 Å². The number of amides is 1. The van der Waals surface area contributed by atoms with E-state index in [0.717, 1.165) is 5.56 Å². The highest BCUT2D eigenvalue weighted by Gasteiger charge is 2.18. The number of carbonyl (C=O) groups is 1. The van der Waals surface area contributed by atoms with Gasteiger partial charge in [0.2, 0.25) is 0 Å². The summed E-state index contributed by atoms with van der Waals surface area (Å²) in [4.78, 5) is 22.6. The first-order chi connectivity index (χ1) is 11.1. The van der Waals surface area contributed by atoms with Crippen LogP contribution in [0, 0.1) is 10.1 Å². The van der Waals surface area contributed by atoms with Gasteiger partial charge >= 0.3 is 5.69 Å².